The number of carbonyl (C=O) groups excluding carboxylic acids is 1. The van der Waals surface area contributed by atoms with E-state index in [2.05, 4.69) is 0 Å². The summed E-state index contributed by atoms with van der Waals surface area (Å²) in [6, 6.07) is 6.73. The van der Waals surface area contributed by atoms with Gasteiger partial charge in [0.2, 0.25) is 0 Å². The van der Waals surface area contributed by atoms with Gasteiger partial charge >= 0.3 is 7.60 Å². The van der Waals surface area contributed by atoms with Crippen LogP contribution in [0.15, 0.2) is 24.3 Å². The van der Waals surface area contributed by atoms with Gasteiger partial charge in [-0.2, -0.15) is 0 Å². The van der Waals surface area contributed by atoms with Crippen molar-refractivity contribution in [2.45, 2.75) is 6.92 Å². The lowest BCUT2D eigenvalue weighted by Crippen LogP contribution is -2.07. The second-order valence-electron chi connectivity index (χ2n) is 3.06. The zero-order chi connectivity index (χ0) is 10.8. The van der Waals surface area contributed by atoms with E-state index in [9.17, 15) is 9.36 Å². The smallest absolute Gasteiger partial charge is 0.324 e. The lowest BCUT2D eigenvalue weighted by molar-refractivity contribution is 0.101. The predicted octanol–water partition coefficient (Wildman–Crippen LogP) is 1.36. The van der Waals surface area contributed by atoms with E-state index in [1.165, 1.54) is 0 Å². The zero-order valence-corrected chi connectivity index (χ0v) is 8.57. The Morgan fingerprint density at radius 2 is 1.93 bits per heavy atom. The molecule has 0 aliphatic heterocycles. The van der Waals surface area contributed by atoms with E-state index in [0.29, 0.717) is 5.56 Å². The molecular weight excluding hydrogens is 203 g/mol. The van der Waals surface area contributed by atoms with E-state index in [4.69, 9.17) is 9.79 Å². The first-order valence-electron chi connectivity index (χ1n) is 4.03. The molecule has 0 heterocycles. The van der Waals surface area contributed by atoms with E-state index in [-0.39, 0.29) is 0 Å². The molecule has 14 heavy (non-hydrogen) atoms. The van der Waals surface area contributed by atoms with Gasteiger partial charge in [-0.25, -0.2) is 0 Å². The van der Waals surface area contributed by atoms with E-state index in [0.717, 1.165) is 5.56 Å². The molecule has 0 aliphatic rings. The molecule has 0 atom stereocenters. The molecule has 1 aromatic carbocycles. The number of aryl methyl sites for hydroxylation is 1. The van der Waals surface area contributed by atoms with Crippen molar-refractivity contribution in [3.05, 3.63) is 35.4 Å². The van der Waals surface area contributed by atoms with E-state index in [1.807, 2.05) is 0 Å². The third-order valence-corrected chi connectivity index (χ3v) is 2.49. The maximum absolute atomic E-state index is 11.4. The summed E-state index contributed by atoms with van der Waals surface area (Å²) in [5, 5.41) is 0. The molecule has 0 amide bonds. The molecule has 76 valence electrons. The average Bonchev–Trinajstić information content (AvgIpc) is 2.01. The Morgan fingerprint density at radius 1 is 1.36 bits per heavy atom. The van der Waals surface area contributed by atoms with Crippen molar-refractivity contribution in [2.24, 2.45) is 0 Å². The molecule has 2 N–H and O–H groups in total. The quantitative estimate of drug-likeness (QED) is 0.588. The van der Waals surface area contributed by atoms with Gasteiger partial charge < -0.3 is 9.79 Å². The zero-order valence-electron chi connectivity index (χ0n) is 7.67. The number of rotatable bonds is 3. The molecule has 0 spiro atoms. The van der Waals surface area contributed by atoms with Crippen LogP contribution in [0.25, 0.3) is 0 Å². The van der Waals surface area contributed by atoms with Crippen molar-refractivity contribution in [3.8, 4) is 0 Å². The maximum Gasteiger partial charge on any atom is 0.333 e. The minimum atomic E-state index is -4.26. The number of carbonyl (C=O) groups is 1. The summed E-state index contributed by atoms with van der Waals surface area (Å²) in [5.74, 6) is -0.517. The van der Waals surface area contributed by atoms with E-state index >= 15 is 0 Å². The second kappa shape index (κ2) is 4.05. The van der Waals surface area contributed by atoms with Crippen LogP contribution in [-0.4, -0.2) is 21.7 Å². The third kappa shape index (κ3) is 3.07. The van der Waals surface area contributed by atoms with Gasteiger partial charge in [-0.15, -0.1) is 0 Å². The van der Waals surface area contributed by atoms with Gasteiger partial charge in [0.15, 0.2) is 5.78 Å². The van der Waals surface area contributed by atoms with Crippen LogP contribution in [0, 0.1) is 6.92 Å². The molecule has 1 rings (SSSR count). The van der Waals surface area contributed by atoms with Crippen LogP contribution >= 0.6 is 7.60 Å². The summed E-state index contributed by atoms with van der Waals surface area (Å²) >= 11 is 0. The Kier molecular flexibility index (Phi) is 3.21. The van der Waals surface area contributed by atoms with Gasteiger partial charge in [0.1, 0.15) is 6.16 Å². The second-order valence-corrected chi connectivity index (χ2v) is 4.71. The summed E-state index contributed by atoms with van der Waals surface area (Å²) in [6.07, 6.45) is -0.724. The van der Waals surface area contributed by atoms with E-state index in [1.54, 1.807) is 31.2 Å². The minimum Gasteiger partial charge on any atom is -0.324 e. The summed E-state index contributed by atoms with van der Waals surface area (Å²) in [4.78, 5) is 28.7. The highest BCUT2D eigenvalue weighted by atomic mass is 31.2. The summed E-state index contributed by atoms with van der Waals surface area (Å²) in [7, 11) is -4.26. The molecule has 0 saturated heterocycles. The highest BCUT2D eigenvalue weighted by Gasteiger charge is 2.20. The Balaban J connectivity index is 2.91. The van der Waals surface area contributed by atoms with Crippen molar-refractivity contribution < 1.29 is 19.1 Å². The predicted molar refractivity (Wildman–Crippen MR) is 52.4 cm³/mol. The number of hydrogen-bond donors (Lipinski definition) is 2. The molecule has 1 aromatic rings. The highest BCUT2D eigenvalue weighted by molar-refractivity contribution is 7.52. The van der Waals surface area contributed by atoms with Gasteiger partial charge in [0.05, 0.1) is 0 Å². The molecule has 0 saturated carbocycles. The fraction of sp³-hybridized carbons (Fsp3) is 0.222. The van der Waals surface area contributed by atoms with Crippen LogP contribution in [0.1, 0.15) is 15.9 Å². The largest absolute Gasteiger partial charge is 0.333 e. The molecular formula is C9H11O4P. The van der Waals surface area contributed by atoms with Crippen LogP contribution in [0.2, 0.25) is 0 Å². The fourth-order valence-electron chi connectivity index (χ4n) is 1.16. The Hall–Kier alpha value is -0.960. The molecule has 5 heteroatoms. The maximum atomic E-state index is 11.4. The SMILES string of the molecule is Cc1ccccc1C(=O)CP(=O)(O)O. The first kappa shape index (κ1) is 11.1. The van der Waals surface area contributed by atoms with Crippen molar-refractivity contribution >= 4 is 13.4 Å². The highest BCUT2D eigenvalue weighted by Crippen LogP contribution is 2.35. The van der Waals surface area contributed by atoms with Crippen LogP contribution in [0.5, 0.6) is 0 Å². The molecule has 0 aliphatic carbocycles. The normalized spacial score (nSPS) is 11.4. The molecule has 0 unspecified atom stereocenters. The van der Waals surface area contributed by atoms with Crippen molar-refractivity contribution in [2.75, 3.05) is 6.16 Å². The summed E-state index contributed by atoms with van der Waals surface area (Å²) in [5.41, 5.74) is 1.10. The number of Topliss-reactive ketones (excluding diaryl/α,β-unsaturated/α-hetero) is 1. The monoisotopic (exact) mass is 214 g/mol. The van der Waals surface area contributed by atoms with Crippen molar-refractivity contribution in [3.63, 3.8) is 0 Å². The van der Waals surface area contributed by atoms with Crippen LogP contribution in [0.3, 0.4) is 0 Å². The van der Waals surface area contributed by atoms with Crippen LogP contribution < -0.4 is 0 Å². The molecule has 0 bridgehead atoms. The molecule has 4 nitrogen and oxygen atoms in total. The lowest BCUT2D eigenvalue weighted by atomic mass is 10.1. The standard InChI is InChI=1S/C9H11O4P/c1-7-4-2-3-5-8(7)9(10)6-14(11,12)13/h2-5H,6H2,1H3,(H2,11,12,13). The van der Waals surface area contributed by atoms with Gasteiger partial charge in [-0.3, -0.25) is 9.36 Å². The van der Waals surface area contributed by atoms with Gasteiger partial charge in [0.25, 0.3) is 0 Å². The van der Waals surface area contributed by atoms with Crippen LogP contribution in [-0.2, 0) is 4.57 Å². The number of benzene rings is 1. The summed E-state index contributed by atoms with van der Waals surface area (Å²) < 4.78 is 10.6. The van der Waals surface area contributed by atoms with Crippen molar-refractivity contribution in [1.82, 2.24) is 0 Å². The first-order valence-corrected chi connectivity index (χ1v) is 5.83. The Morgan fingerprint density at radius 3 is 2.43 bits per heavy atom. The third-order valence-electron chi connectivity index (χ3n) is 1.80. The molecule has 0 radical (unpaired) electrons. The Labute approximate surface area is 81.7 Å². The van der Waals surface area contributed by atoms with Gasteiger partial charge in [-0.05, 0) is 12.5 Å². The fourth-order valence-corrected chi connectivity index (χ4v) is 1.70. The number of ketones is 1. The van der Waals surface area contributed by atoms with Gasteiger partial charge in [-0.1, -0.05) is 24.3 Å². The average molecular weight is 214 g/mol. The van der Waals surface area contributed by atoms with Gasteiger partial charge in [0, 0.05) is 5.56 Å². The minimum absolute atomic E-state index is 0.371. The Bertz CT molecular complexity index is 394. The van der Waals surface area contributed by atoms with Crippen molar-refractivity contribution in [1.29, 1.82) is 0 Å². The topological polar surface area (TPSA) is 74.6 Å². The number of hydrogen-bond acceptors (Lipinski definition) is 2. The van der Waals surface area contributed by atoms with E-state index < -0.39 is 19.5 Å². The summed E-state index contributed by atoms with van der Waals surface area (Å²) in [6.45, 7) is 1.73. The van der Waals surface area contributed by atoms with Crippen LogP contribution in [0.4, 0.5) is 0 Å². The molecule has 0 aromatic heterocycles. The molecule has 0 fully saturated rings. The lowest BCUT2D eigenvalue weighted by Gasteiger charge is -2.05. The first-order chi connectivity index (χ1) is 6.40.